The lowest BCUT2D eigenvalue weighted by molar-refractivity contribution is 0.121. The van der Waals surface area contributed by atoms with Gasteiger partial charge in [0.15, 0.2) is 0 Å². The van der Waals surface area contributed by atoms with E-state index in [2.05, 4.69) is 15.9 Å². The van der Waals surface area contributed by atoms with Crippen molar-refractivity contribution in [3.8, 4) is 0 Å². The van der Waals surface area contributed by atoms with Crippen molar-refractivity contribution in [2.75, 3.05) is 17.1 Å². The standard InChI is InChI=1S/C11H16BrN3O4S/c1-7(2)19-11(16)14-20(17,18)15(3)10-5-4-8(12)6-9(10)13/h4-7H,13H2,1-3H3,(H,14,16). The number of benzene rings is 1. The molecule has 0 bridgehead atoms. The number of nitrogen functional groups attached to an aromatic ring is 1. The Morgan fingerprint density at radius 2 is 2.05 bits per heavy atom. The third kappa shape index (κ3) is 4.27. The summed E-state index contributed by atoms with van der Waals surface area (Å²) in [7, 11) is -2.80. The summed E-state index contributed by atoms with van der Waals surface area (Å²) in [5, 5.41) is 0. The van der Waals surface area contributed by atoms with Crippen LogP contribution in [0, 0.1) is 0 Å². The van der Waals surface area contributed by atoms with E-state index < -0.39 is 22.4 Å². The number of carbonyl (C=O) groups is 1. The molecular weight excluding hydrogens is 350 g/mol. The van der Waals surface area contributed by atoms with Crippen molar-refractivity contribution in [1.29, 1.82) is 0 Å². The van der Waals surface area contributed by atoms with E-state index in [1.165, 1.54) is 13.1 Å². The van der Waals surface area contributed by atoms with Gasteiger partial charge in [-0.05, 0) is 32.0 Å². The maximum atomic E-state index is 12.0. The van der Waals surface area contributed by atoms with Crippen molar-refractivity contribution in [1.82, 2.24) is 4.72 Å². The quantitative estimate of drug-likeness (QED) is 0.792. The highest BCUT2D eigenvalue weighted by Crippen LogP contribution is 2.27. The fraction of sp³-hybridized carbons (Fsp3) is 0.364. The van der Waals surface area contributed by atoms with Crippen LogP contribution in [0.1, 0.15) is 13.8 Å². The molecule has 1 aromatic carbocycles. The number of nitrogens with one attached hydrogen (secondary N) is 1. The second-order valence-electron chi connectivity index (χ2n) is 4.23. The van der Waals surface area contributed by atoms with Crippen molar-refractivity contribution in [3.05, 3.63) is 22.7 Å². The monoisotopic (exact) mass is 365 g/mol. The minimum absolute atomic E-state index is 0.248. The zero-order chi connectivity index (χ0) is 15.5. The van der Waals surface area contributed by atoms with Crippen molar-refractivity contribution in [2.24, 2.45) is 0 Å². The molecule has 0 atom stereocenters. The summed E-state index contributed by atoms with van der Waals surface area (Å²) in [6.07, 6.45) is -1.46. The Bertz CT molecular complexity index is 604. The zero-order valence-corrected chi connectivity index (χ0v) is 13.7. The molecule has 0 fully saturated rings. The highest BCUT2D eigenvalue weighted by atomic mass is 79.9. The third-order valence-corrected chi connectivity index (χ3v) is 4.08. The van der Waals surface area contributed by atoms with Gasteiger partial charge in [-0.1, -0.05) is 15.9 Å². The van der Waals surface area contributed by atoms with Crippen LogP contribution in [0.15, 0.2) is 22.7 Å². The maximum absolute atomic E-state index is 12.0. The third-order valence-electron chi connectivity index (χ3n) is 2.24. The number of anilines is 2. The van der Waals surface area contributed by atoms with Crippen LogP contribution in [-0.2, 0) is 14.9 Å². The first-order chi connectivity index (χ1) is 9.13. The number of amides is 1. The van der Waals surface area contributed by atoms with Gasteiger partial charge in [-0.3, -0.25) is 4.31 Å². The van der Waals surface area contributed by atoms with Crippen molar-refractivity contribution in [2.45, 2.75) is 20.0 Å². The van der Waals surface area contributed by atoms with E-state index in [-0.39, 0.29) is 11.4 Å². The van der Waals surface area contributed by atoms with Gasteiger partial charge in [0.25, 0.3) is 0 Å². The first-order valence-electron chi connectivity index (χ1n) is 5.66. The van der Waals surface area contributed by atoms with E-state index in [0.717, 1.165) is 8.78 Å². The number of nitrogens with two attached hydrogens (primary N) is 1. The van der Waals surface area contributed by atoms with Crippen LogP contribution in [0.3, 0.4) is 0 Å². The Morgan fingerprint density at radius 1 is 1.45 bits per heavy atom. The van der Waals surface area contributed by atoms with Crippen molar-refractivity contribution >= 4 is 43.6 Å². The van der Waals surface area contributed by atoms with Crippen molar-refractivity contribution in [3.63, 3.8) is 0 Å². The first kappa shape index (κ1) is 16.6. The zero-order valence-electron chi connectivity index (χ0n) is 11.3. The van der Waals surface area contributed by atoms with Crippen LogP contribution in [0.4, 0.5) is 16.2 Å². The van der Waals surface area contributed by atoms with Crippen LogP contribution >= 0.6 is 15.9 Å². The maximum Gasteiger partial charge on any atom is 0.422 e. The molecule has 1 amide bonds. The first-order valence-corrected chi connectivity index (χ1v) is 7.89. The Kier molecular flexibility index (Phi) is 5.23. The van der Waals surface area contributed by atoms with Crippen LogP contribution in [0.2, 0.25) is 0 Å². The molecule has 3 N–H and O–H groups in total. The van der Waals surface area contributed by atoms with E-state index in [1.807, 2.05) is 0 Å². The summed E-state index contributed by atoms with van der Waals surface area (Å²) < 4.78 is 32.1. The van der Waals surface area contributed by atoms with Gasteiger partial charge in [-0.25, -0.2) is 9.52 Å². The smallest absolute Gasteiger partial charge is 0.422 e. The molecule has 0 radical (unpaired) electrons. The average molecular weight is 366 g/mol. The number of ether oxygens (including phenoxy) is 1. The summed E-state index contributed by atoms with van der Waals surface area (Å²) in [5.74, 6) is 0. The average Bonchev–Trinajstić information content (AvgIpc) is 2.25. The molecule has 0 unspecified atom stereocenters. The number of hydrogen-bond donors (Lipinski definition) is 2. The van der Waals surface area contributed by atoms with E-state index in [9.17, 15) is 13.2 Å². The summed E-state index contributed by atoms with van der Waals surface area (Å²) in [6, 6.07) is 4.73. The molecule has 9 heteroatoms. The van der Waals surface area contributed by atoms with E-state index in [0.29, 0.717) is 0 Å². The lowest BCUT2D eigenvalue weighted by Crippen LogP contribution is -2.42. The van der Waals surface area contributed by atoms with Gasteiger partial charge in [-0.2, -0.15) is 8.42 Å². The Morgan fingerprint density at radius 3 is 2.55 bits per heavy atom. The molecule has 7 nitrogen and oxygen atoms in total. The molecule has 0 aromatic heterocycles. The number of hydrogen-bond acceptors (Lipinski definition) is 5. The minimum Gasteiger partial charge on any atom is -0.446 e. The minimum atomic E-state index is -4.08. The lowest BCUT2D eigenvalue weighted by atomic mass is 10.3. The number of rotatable bonds is 4. The fourth-order valence-corrected chi connectivity index (χ4v) is 2.55. The van der Waals surface area contributed by atoms with Crippen molar-refractivity contribution < 1.29 is 17.9 Å². The number of halogens is 1. The Labute approximate surface area is 126 Å². The van der Waals surface area contributed by atoms with Gasteiger partial charge < -0.3 is 10.5 Å². The van der Waals surface area contributed by atoms with E-state index in [4.69, 9.17) is 10.5 Å². The van der Waals surface area contributed by atoms with Gasteiger partial charge in [0.1, 0.15) is 0 Å². The molecule has 0 heterocycles. The molecule has 0 aliphatic carbocycles. The predicted octanol–water partition coefficient (Wildman–Crippen LogP) is 1.85. The van der Waals surface area contributed by atoms with Gasteiger partial charge in [0.05, 0.1) is 17.5 Å². The molecule has 1 aromatic rings. The molecule has 0 aliphatic heterocycles. The van der Waals surface area contributed by atoms with Gasteiger partial charge in [-0.15, -0.1) is 0 Å². The van der Waals surface area contributed by atoms with E-state index >= 15 is 0 Å². The Balaban J connectivity index is 2.94. The van der Waals surface area contributed by atoms with Crippen LogP contribution < -0.4 is 14.8 Å². The van der Waals surface area contributed by atoms with Crippen LogP contribution in [0.25, 0.3) is 0 Å². The summed E-state index contributed by atoms with van der Waals surface area (Å²) in [5.41, 5.74) is 6.25. The highest BCUT2D eigenvalue weighted by molar-refractivity contribution is 9.10. The SMILES string of the molecule is CC(C)OC(=O)NS(=O)(=O)N(C)c1ccc(Br)cc1N. The van der Waals surface area contributed by atoms with E-state index in [1.54, 1.807) is 30.7 Å². The number of nitrogens with zero attached hydrogens (tertiary/aromatic N) is 1. The summed E-state index contributed by atoms with van der Waals surface area (Å²) in [4.78, 5) is 11.4. The summed E-state index contributed by atoms with van der Waals surface area (Å²) >= 11 is 3.23. The molecule has 20 heavy (non-hydrogen) atoms. The van der Waals surface area contributed by atoms with Gasteiger partial charge in [0.2, 0.25) is 0 Å². The van der Waals surface area contributed by atoms with Gasteiger partial charge in [0, 0.05) is 11.5 Å². The number of carbonyl (C=O) groups excluding carboxylic acids is 1. The fourth-order valence-electron chi connectivity index (χ4n) is 1.35. The van der Waals surface area contributed by atoms with Crippen LogP contribution in [-0.4, -0.2) is 27.7 Å². The normalized spacial score (nSPS) is 11.2. The Hall–Kier alpha value is -1.48. The van der Waals surface area contributed by atoms with Gasteiger partial charge >= 0.3 is 16.3 Å². The molecule has 0 saturated heterocycles. The highest BCUT2D eigenvalue weighted by Gasteiger charge is 2.23. The molecule has 0 saturated carbocycles. The molecule has 112 valence electrons. The molecule has 0 aliphatic rings. The predicted molar refractivity (Wildman–Crippen MR) is 80.6 cm³/mol. The second-order valence-corrected chi connectivity index (χ2v) is 6.85. The molecule has 1 rings (SSSR count). The largest absolute Gasteiger partial charge is 0.446 e. The second kappa shape index (κ2) is 6.31. The lowest BCUT2D eigenvalue weighted by Gasteiger charge is -2.21. The topological polar surface area (TPSA) is 102 Å². The molecular formula is C11H16BrN3O4S. The summed E-state index contributed by atoms with van der Waals surface area (Å²) in [6.45, 7) is 3.23. The molecule has 0 spiro atoms. The van der Waals surface area contributed by atoms with Crippen LogP contribution in [0.5, 0.6) is 0 Å².